The molecule has 33 heavy (non-hydrogen) atoms. The molecule has 0 radical (unpaired) electrons. The summed E-state index contributed by atoms with van der Waals surface area (Å²) in [6.45, 7) is 5.68. The lowest BCUT2D eigenvalue weighted by molar-refractivity contribution is 0.0487. The van der Waals surface area contributed by atoms with Gasteiger partial charge in [0.2, 0.25) is 12.7 Å². The van der Waals surface area contributed by atoms with Gasteiger partial charge in [0.05, 0.1) is 0 Å². The molecule has 1 aromatic carbocycles. The van der Waals surface area contributed by atoms with Crippen LogP contribution in [0.5, 0.6) is 23.1 Å². The van der Waals surface area contributed by atoms with Crippen LogP contribution in [0.4, 0.5) is 4.79 Å². The number of hydrogen-bond donors (Lipinski definition) is 2. The number of carbonyl (C=O) groups excluding carboxylic acids is 2. The quantitative estimate of drug-likeness (QED) is 0.697. The molecule has 0 saturated heterocycles. The van der Waals surface area contributed by atoms with Gasteiger partial charge < -0.3 is 29.6 Å². The topological polar surface area (TPSA) is 108 Å². The number of rotatable bonds is 5. The van der Waals surface area contributed by atoms with E-state index in [4.69, 9.17) is 18.9 Å². The SMILES string of the molecule is CC(C)(C)OC(=O)NC1CCC(NC(=O)c2cccnc2Oc2ccc3c(c2)OCO3)CC1. The number of hydrogen-bond acceptors (Lipinski definition) is 7. The van der Waals surface area contributed by atoms with Crippen LogP contribution in [-0.4, -0.2) is 41.5 Å². The molecule has 2 amide bonds. The Kier molecular flexibility index (Phi) is 6.57. The summed E-state index contributed by atoms with van der Waals surface area (Å²) in [6, 6.07) is 8.62. The van der Waals surface area contributed by atoms with Gasteiger partial charge in [-0.2, -0.15) is 0 Å². The number of ether oxygens (including phenoxy) is 4. The highest BCUT2D eigenvalue weighted by Gasteiger charge is 2.27. The number of aromatic nitrogens is 1. The van der Waals surface area contributed by atoms with Gasteiger partial charge in [0.1, 0.15) is 16.9 Å². The fourth-order valence-electron chi connectivity index (χ4n) is 3.82. The third-order valence-corrected chi connectivity index (χ3v) is 5.36. The third kappa shape index (κ3) is 6.06. The number of carbonyl (C=O) groups is 2. The van der Waals surface area contributed by atoms with E-state index in [9.17, 15) is 9.59 Å². The first-order valence-corrected chi connectivity index (χ1v) is 11.1. The molecular weight excluding hydrogens is 426 g/mol. The fourth-order valence-corrected chi connectivity index (χ4v) is 3.82. The van der Waals surface area contributed by atoms with Crippen LogP contribution in [0, 0.1) is 0 Å². The number of pyridine rings is 1. The molecule has 2 N–H and O–H groups in total. The Labute approximate surface area is 192 Å². The molecule has 4 rings (SSSR count). The van der Waals surface area contributed by atoms with Crippen LogP contribution in [0.3, 0.4) is 0 Å². The van der Waals surface area contributed by atoms with Crippen molar-refractivity contribution >= 4 is 12.0 Å². The third-order valence-electron chi connectivity index (χ3n) is 5.36. The summed E-state index contributed by atoms with van der Waals surface area (Å²) in [6.07, 6.45) is 4.20. The summed E-state index contributed by atoms with van der Waals surface area (Å²) >= 11 is 0. The van der Waals surface area contributed by atoms with Crippen LogP contribution in [-0.2, 0) is 4.74 Å². The number of benzene rings is 1. The number of alkyl carbamates (subject to hydrolysis) is 1. The molecule has 0 atom stereocenters. The molecule has 1 saturated carbocycles. The summed E-state index contributed by atoms with van der Waals surface area (Å²) < 4.78 is 21.9. The molecule has 2 aromatic rings. The second-order valence-electron chi connectivity index (χ2n) is 9.14. The highest BCUT2D eigenvalue weighted by Crippen LogP contribution is 2.36. The maximum absolute atomic E-state index is 13.0. The van der Waals surface area contributed by atoms with Crippen LogP contribution >= 0.6 is 0 Å². The summed E-state index contributed by atoms with van der Waals surface area (Å²) in [5, 5.41) is 5.98. The zero-order valence-corrected chi connectivity index (χ0v) is 19.1. The minimum atomic E-state index is -0.528. The zero-order valence-electron chi connectivity index (χ0n) is 19.1. The number of fused-ring (bicyclic) bond motifs is 1. The number of amides is 2. The molecule has 0 spiro atoms. The molecule has 1 aliphatic carbocycles. The van der Waals surface area contributed by atoms with Crippen molar-refractivity contribution in [3.8, 4) is 23.1 Å². The molecule has 1 fully saturated rings. The van der Waals surface area contributed by atoms with E-state index in [0.717, 1.165) is 25.7 Å². The summed E-state index contributed by atoms with van der Waals surface area (Å²) in [5.41, 5.74) is -0.177. The van der Waals surface area contributed by atoms with Crippen molar-refractivity contribution in [1.29, 1.82) is 0 Å². The van der Waals surface area contributed by atoms with Crippen molar-refractivity contribution in [2.24, 2.45) is 0 Å². The lowest BCUT2D eigenvalue weighted by atomic mass is 9.91. The molecule has 0 bridgehead atoms. The van der Waals surface area contributed by atoms with Gasteiger partial charge in [-0.3, -0.25) is 4.79 Å². The molecule has 1 aromatic heterocycles. The van der Waals surface area contributed by atoms with Crippen molar-refractivity contribution in [1.82, 2.24) is 15.6 Å². The van der Waals surface area contributed by atoms with Gasteiger partial charge >= 0.3 is 6.09 Å². The standard InChI is InChI=1S/C24H29N3O6/c1-24(2,3)33-23(29)27-16-8-6-15(7-9-16)26-21(28)18-5-4-12-25-22(18)32-17-10-11-19-20(13-17)31-14-30-19/h4-5,10-13,15-16H,6-9,14H2,1-3H3,(H,26,28)(H,27,29). The van der Waals surface area contributed by atoms with Crippen molar-refractivity contribution in [3.05, 3.63) is 42.1 Å². The minimum absolute atomic E-state index is 0.00721. The Hall–Kier alpha value is -3.49. The van der Waals surface area contributed by atoms with Crippen molar-refractivity contribution in [2.45, 2.75) is 64.1 Å². The van der Waals surface area contributed by atoms with Crippen LogP contribution in [0.25, 0.3) is 0 Å². The van der Waals surface area contributed by atoms with E-state index in [2.05, 4.69) is 15.6 Å². The molecule has 9 nitrogen and oxygen atoms in total. The second kappa shape index (κ2) is 9.56. The smallest absolute Gasteiger partial charge is 0.407 e. The van der Waals surface area contributed by atoms with E-state index in [1.807, 2.05) is 20.8 Å². The first-order valence-electron chi connectivity index (χ1n) is 11.1. The number of nitrogens with one attached hydrogen (secondary N) is 2. The highest BCUT2D eigenvalue weighted by molar-refractivity contribution is 5.96. The van der Waals surface area contributed by atoms with Crippen LogP contribution in [0.2, 0.25) is 0 Å². The van der Waals surface area contributed by atoms with Gasteiger partial charge in [-0.1, -0.05) is 0 Å². The lowest BCUT2D eigenvalue weighted by Gasteiger charge is -2.30. The van der Waals surface area contributed by atoms with Crippen molar-refractivity contribution in [3.63, 3.8) is 0 Å². The summed E-state index contributed by atoms with van der Waals surface area (Å²) in [4.78, 5) is 29.2. The van der Waals surface area contributed by atoms with Crippen molar-refractivity contribution < 1.29 is 28.5 Å². The Bertz CT molecular complexity index is 1010. The maximum Gasteiger partial charge on any atom is 0.407 e. The average molecular weight is 456 g/mol. The molecule has 176 valence electrons. The van der Waals surface area contributed by atoms with Gasteiger partial charge in [-0.15, -0.1) is 0 Å². The van der Waals surface area contributed by atoms with E-state index in [1.165, 1.54) is 0 Å². The Balaban J connectivity index is 1.32. The molecule has 9 heteroatoms. The maximum atomic E-state index is 13.0. The first-order chi connectivity index (χ1) is 15.8. The van der Waals surface area contributed by atoms with Crippen LogP contribution in [0.1, 0.15) is 56.8 Å². The first kappa shape index (κ1) is 22.7. The van der Waals surface area contributed by atoms with Gasteiger partial charge in [0, 0.05) is 24.3 Å². The van der Waals surface area contributed by atoms with E-state index in [0.29, 0.717) is 22.8 Å². The van der Waals surface area contributed by atoms with E-state index in [1.54, 1.807) is 36.5 Å². The second-order valence-corrected chi connectivity index (χ2v) is 9.14. The van der Waals surface area contributed by atoms with Gasteiger partial charge in [-0.25, -0.2) is 9.78 Å². The van der Waals surface area contributed by atoms with Gasteiger partial charge in [0.25, 0.3) is 5.91 Å². The normalized spacial score (nSPS) is 19.5. The summed E-state index contributed by atoms with van der Waals surface area (Å²) in [5.74, 6) is 1.71. The molecular formula is C24H29N3O6. The van der Waals surface area contributed by atoms with E-state index >= 15 is 0 Å². The van der Waals surface area contributed by atoms with E-state index < -0.39 is 11.7 Å². The average Bonchev–Trinajstić information content (AvgIpc) is 3.22. The van der Waals surface area contributed by atoms with E-state index in [-0.39, 0.29) is 30.7 Å². The van der Waals surface area contributed by atoms with Crippen LogP contribution in [0.15, 0.2) is 36.5 Å². The Morgan fingerprint density at radius 3 is 2.42 bits per heavy atom. The minimum Gasteiger partial charge on any atom is -0.454 e. The molecule has 0 unspecified atom stereocenters. The monoisotopic (exact) mass is 455 g/mol. The predicted octanol–water partition coefficient (Wildman–Crippen LogP) is 4.17. The highest BCUT2D eigenvalue weighted by atomic mass is 16.7. The Morgan fingerprint density at radius 1 is 1.00 bits per heavy atom. The predicted molar refractivity (Wildman–Crippen MR) is 120 cm³/mol. The largest absolute Gasteiger partial charge is 0.454 e. The number of nitrogens with zero attached hydrogens (tertiary/aromatic N) is 1. The summed E-state index contributed by atoms with van der Waals surface area (Å²) in [7, 11) is 0. The fraction of sp³-hybridized carbons (Fsp3) is 0.458. The van der Waals surface area contributed by atoms with Crippen molar-refractivity contribution in [2.75, 3.05) is 6.79 Å². The zero-order chi connectivity index (χ0) is 23.4. The lowest BCUT2D eigenvalue weighted by Crippen LogP contribution is -2.45. The molecule has 2 heterocycles. The van der Waals surface area contributed by atoms with Crippen LogP contribution < -0.4 is 24.8 Å². The Morgan fingerprint density at radius 2 is 1.70 bits per heavy atom. The van der Waals surface area contributed by atoms with Gasteiger partial charge in [-0.05, 0) is 70.7 Å². The molecule has 1 aliphatic heterocycles. The van der Waals surface area contributed by atoms with Gasteiger partial charge in [0.15, 0.2) is 11.5 Å². The molecule has 2 aliphatic rings.